The normalized spacial score (nSPS) is 17.8. The van der Waals surface area contributed by atoms with Gasteiger partial charge in [0, 0.05) is 19.3 Å². The first kappa shape index (κ1) is 17.2. The zero-order valence-electron chi connectivity index (χ0n) is 13.2. The molecule has 0 amide bonds. The molecule has 0 spiro atoms. The number of nitrogens with zero attached hydrogens (tertiary/aromatic N) is 2. The maximum atomic E-state index is 15.1. The summed E-state index contributed by atoms with van der Waals surface area (Å²) in [6.45, 7) is 0.162. The average molecular weight is 444 g/mol. The Morgan fingerprint density at radius 1 is 1.38 bits per heavy atom. The van der Waals surface area contributed by atoms with E-state index in [9.17, 15) is 4.79 Å². The summed E-state index contributed by atoms with van der Waals surface area (Å²) in [6, 6.07) is 10.9. The molecule has 0 radical (unpaired) electrons. The lowest BCUT2D eigenvalue weighted by atomic mass is 10.0. The zero-order chi connectivity index (χ0) is 17.2. The molecule has 0 N–H and O–H groups in total. The molecule has 7 heteroatoms. The SMILES string of the molecule is Cn1ccc(OCC2(C(F)(I)C(=O)OCc3ccccc3)CC2)n1. The highest BCUT2D eigenvalue weighted by atomic mass is 127. The van der Waals surface area contributed by atoms with Gasteiger partial charge in [-0.15, -0.1) is 5.10 Å². The van der Waals surface area contributed by atoms with Crippen molar-refractivity contribution >= 4 is 28.6 Å². The van der Waals surface area contributed by atoms with Crippen LogP contribution in [0.1, 0.15) is 18.4 Å². The Hall–Kier alpha value is -1.64. The second-order valence-corrected chi connectivity index (χ2v) is 7.52. The minimum absolute atomic E-state index is 0.0610. The van der Waals surface area contributed by atoms with E-state index < -0.39 is 15.1 Å². The number of carbonyl (C=O) groups excluding carboxylic acids is 1. The zero-order valence-corrected chi connectivity index (χ0v) is 15.4. The summed E-state index contributed by atoms with van der Waals surface area (Å²) in [5.74, 6) is -0.428. The van der Waals surface area contributed by atoms with Crippen LogP contribution in [-0.2, 0) is 23.2 Å². The number of carbonyl (C=O) groups is 1. The van der Waals surface area contributed by atoms with Crippen LogP contribution in [0.4, 0.5) is 4.39 Å². The Balaban J connectivity index is 1.59. The van der Waals surface area contributed by atoms with Gasteiger partial charge in [0.25, 0.3) is 3.68 Å². The van der Waals surface area contributed by atoms with Gasteiger partial charge in [0.1, 0.15) is 13.2 Å². The molecule has 1 heterocycles. The Morgan fingerprint density at radius 3 is 2.67 bits per heavy atom. The predicted octanol–water partition coefficient (Wildman–Crippen LogP) is 3.42. The Kier molecular flexibility index (Phi) is 4.80. The van der Waals surface area contributed by atoms with Crippen molar-refractivity contribution in [2.75, 3.05) is 6.61 Å². The number of aryl methyl sites for hydroxylation is 1. The van der Waals surface area contributed by atoms with Crippen LogP contribution in [0, 0.1) is 5.41 Å². The van der Waals surface area contributed by atoms with E-state index in [0.717, 1.165) is 5.56 Å². The molecule has 0 aliphatic heterocycles. The van der Waals surface area contributed by atoms with Gasteiger partial charge < -0.3 is 9.47 Å². The summed E-state index contributed by atoms with van der Waals surface area (Å²) in [5, 5.41) is 4.10. The molecule has 24 heavy (non-hydrogen) atoms. The molecule has 1 atom stereocenters. The molecule has 1 unspecified atom stereocenters. The number of ether oxygens (including phenoxy) is 2. The van der Waals surface area contributed by atoms with E-state index in [1.807, 2.05) is 30.3 Å². The summed E-state index contributed by atoms with van der Waals surface area (Å²) in [7, 11) is 1.78. The van der Waals surface area contributed by atoms with Crippen LogP contribution in [0.25, 0.3) is 0 Å². The fourth-order valence-electron chi connectivity index (χ4n) is 2.41. The van der Waals surface area contributed by atoms with Gasteiger partial charge in [-0.3, -0.25) is 4.68 Å². The number of hydrogen-bond acceptors (Lipinski definition) is 4. The van der Waals surface area contributed by atoms with E-state index in [1.54, 1.807) is 46.6 Å². The van der Waals surface area contributed by atoms with Crippen LogP contribution < -0.4 is 4.74 Å². The maximum Gasteiger partial charge on any atom is 0.355 e. The van der Waals surface area contributed by atoms with Crippen LogP contribution in [0.15, 0.2) is 42.6 Å². The minimum Gasteiger partial charge on any atom is -0.476 e. The van der Waals surface area contributed by atoms with Gasteiger partial charge in [-0.2, -0.15) is 0 Å². The average Bonchev–Trinajstić information content (AvgIpc) is 3.28. The molecule has 3 rings (SSSR count). The first-order chi connectivity index (χ1) is 11.4. The fourth-order valence-corrected chi connectivity index (χ4v) is 3.26. The van der Waals surface area contributed by atoms with Gasteiger partial charge in [-0.05, 0) is 41.0 Å². The Morgan fingerprint density at radius 2 is 2.08 bits per heavy atom. The number of hydrogen-bond donors (Lipinski definition) is 0. The van der Waals surface area contributed by atoms with Crippen molar-refractivity contribution < 1.29 is 18.7 Å². The summed E-state index contributed by atoms with van der Waals surface area (Å²) < 4.78 is 25.4. The highest BCUT2D eigenvalue weighted by Gasteiger charge is 2.65. The van der Waals surface area contributed by atoms with Crippen molar-refractivity contribution in [1.82, 2.24) is 9.78 Å². The summed E-state index contributed by atoms with van der Waals surface area (Å²) >= 11 is 1.55. The van der Waals surface area contributed by atoms with Crippen LogP contribution in [0.2, 0.25) is 0 Å². The molecule has 5 nitrogen and oxygen atoms in total. The molecule has 0 saturated heterocycles. The molecule has 0 bridgehead atoms. The summed E-state index contributed by atoms with van der Waals surface area (Å²) in [4.78, 5) is 12.3. The van der Waals surface area contributed by atoms with E-state index >= 15 is 4.39 Å². The van der Waals surface area contributed by atoms with E-state index in [0.29, 0.717) is 18.7 Å². The molecule has 1 saturated carbocycles. The Labute approximate surface area is 153 Å². The minimum atomic E-state index is -2.12. The first-order valence-electron chi connectivity index (χ1n) is 7.64. The smallest absolute Gasteiger partial charge is 0.355 e. The third kappa shape index (κ3) is 3.55. The molecule has 2 aromatic rings. The van der Waals surface area contributed by atoms with E-state index in [-0.39, 0.29) is 13.2 Å². The molecular formula is C17H18FIN2O3. The summed E-state index contributed by atoms with van der Waals surface area (Å²) in [5.41, 5.74) is -0.0218. The van der Waals surface area contributed by atoms with Gasteiger partial charge in [-0.1, -0.05) is 30.3 Å². The third-order valence-corrected chi connectivity index (χ3v) is 5.76. The number of alkyl halides is 2. The Bertz CT molecular complexity index is 714. The van der Waals surface area contributed by atoms with Crippen molar-refractivity contribution in [3.63, 3.8) is 0 Å². The van der Waals surface area contributed by atoms with Crippen LogP contribution in [0.5, 0.6) is 5.88 Å². The predicted molar refractivity (Wildman–Crippen MR) is 94.5 cm³/mol. The van der Waals surface area contributed by atoms with E-state index in [2.05, 4.69) is 5.10 Å². The first-order valence-corrected chi connectivity index (χ1v) is 8.72. The standard InChI is InChI=1S/C17H18FIN2O3/c1-21-10-7-14(20-21)24-12-16(8-9-16)17(18,19)15(22)23-11-13-5-3-2-4-6-13/h2-7,10H,8-9,11-12H2,1H3. The van der Waals surface area contributed by atoms with Gasteiger partial charge in [-0.25, -0.2) is 9.18 Å². The number of esters is 1. The molecule has 1 aliphatic carbocycles. The number of rotatable bonds is 7. The topological polar surface area (TPSA) is 53.4 Å². The number of aromatic nitrogens is 2. The number of halogens is 2. The van der Waals surface area contributed by atoms with E-state index in [1.165, 1.54) is 0 Å². The lowest BCUT2D eigenvalue weighted by Gasteiger charge is -2.26. The summed E-state index contributed by atoms with van der Waals surface area (Å²) in [6.07, 6.45) is 2.91. The molecular weight excluding hydrogens is 426 g/mol. The maximum absolute atomic E-state index is 15.1. The molecule has 128 valence electrons. The van der Waals surface area contributed by atoms with Crippen molar-refractivity contribution in [1.29, 1.82) is 0 Å². The van der Waals surface area contributed by atoms with Gasteiger partial charge >= 0.3 is 5.97 Å². The second kappa shape index (κ2) is 6.70. The van der Waals surface area contributed by atoms with Crippen molar-refractivity contribution in [3.8, 4) is 5.88 Å². The van der Waals surface area contributed by atoms with E-state index in [4.69, 9.17) is 9.47 Å². The second-order valence-electron chi connectivity index (χ2n) is 6.03. The van der Waals surface area contributed by atoms with Gasteiger partial charge in [0.2, 0.25) is 5.88 Å². The third-order valence-electron chi connectivity index (χ3n) is 4.17. The fraction of sp³-hybridized carbons (Fsp3) is 0.412. The monoisotopic (exact) mass is 444 g/mol. The molecule has 1 fully saturated rings. The largest absolute Gasteiger partial charge is 0.476 e. The van der Waals surface area contributed by atoms with Gasteiger partial charge in [0.15, 0.2) is 0 Å². The van der Waals surface area contributed by atoms with Crippen molar-refractivity contribution in [2.45, 2.75) is 23.1 Å². The molecule has 1 aromatic heterocycles. The van der Waals surface area contributed by atoms with Crippen LogP contribution in [0.3, 0.4) is 0 Å². The van der Waals surface area contributed by atoms with Gasteiger partial charge in [0.05, 0.1) is 5.41 Å². The van der Waals surface area contributed by atoms with Crippen molar-refractivity contribution in [2.24, 2.45) is 12.5 Å². The van der Waals surface area contributed by atoms with Crippen LogP contribution in [-0.4, -0.2) is 26.0 Å². The van der Waals surface area contributed by atoms with Crippen LogP contribution >= 0.6 is 22.6 Å². The lowest BCUT2D eigenvalue weighted by molar-refractivity contribution is -0.156. The van der Waals surface area contributed by atoms with Crippen molar-refractivity contribution in [3.05, 3.63) is 48.2 Å². The highest BCUT2D eigenvalue weighted by Crippen LogP contribution is 2.59. The molecule has 1 aliphatic rings. The quantitative estimate of drug-likeness (QED) is 0.373. The lowest BCUT2D eigenvalue weighted by Crippen LogP contribution is -2.41. The highest BCUT2D eigenvalue weighted by molar-refractivity contribution is 14.1. The molecule has 1 aromatic carbocycles. The number of benzene rings is 1.